The first-order valence-corrected chi connectivity index (χ1v) is 6.67. The molecule has 0 fully saturated rings. The third kappa shape index (κ3) is 2.76. The molecule has 0 radical (unpaired) electrons. The van der Waals surface area contributed by atoms with Gasteiger partial charge >= 0.3 is 0 Å². The van der Waals surface area contributed by atoms with Crippen molar-refractivity contribution in [2.24, 2.45) is 4.76 Å². The number of nitrogens with zero attached hydrogens (tertiary/aromatic N) is 1. The highest BCUT2D eigenvalue weighted by atomic mass is 31.1. The van der Waals surface area contributed by atoms with Gasteiger partial charge < -0.3 is 0 Å². The molecule has 1 aliphatic rings. The van der Waals surface area contributed by atoms with Gasteiger partial charge in [-0.05, 0) is 57.6 Å². The molecule has 1 nitrogen and oxygen atoms in total. The van der Waals surface area contributed by atoms with Crippen molar-refractivity contribution in [2.45, 2.75) is 20.3 Å². The summed E-state index contributed by atoms with van der Waals surface area (Å²) < 4.78 is 4.52. The minimum atomic E-state index is 0.609. The van der Waals surface area contributed by atoms with Crippen LogP contribution in [0.4, 0.5) is 0 Å². The molecule has 0 bridgehead atoms. The predicted molar refractivity (Wildman–Crippen MR) is 72.1 cm³/mol. The molecule has 0 saturated heterocycles. The minimum absolute atomic E-state index is 0.609. The standard InChI is InChI=1S/C13H18NP/c1-5-10-8-12(7-3)13(14-15-4)9-11(10)6-2/h5,7-9,15H,1,6H2,2-4H3/b12-7+,14-13?. The summed E-state index contributed by atoms with van der Waals surface area (Å²) >= 11 is 0. The van der Waals surface area contributed by atoms with Gasteiger partial charge in [-0.2, -0.15) is 0 Å². The third-order valence-corrected chi connectivity index (χ3v) is 2.90. The van der Waals surface area contributed by atoms with Gasteiger partial charge in [0.15, 0.2) is 0 Å². The van der Waals surface area contributed by atoms with E-state index < -0.39 is 0 Å². The Balaban J connectivity index is 3.17. The fourth-order valence-electron chi connectivity index (χ4n) is 1.61. The molecule has 2 heteroatoms. The predicted octanol–water partition coefficient (Wildman–Crippen LogP) is 4.06. The molecule has 0 aromatic carbocycles. The highest BCUT2D eigenvalue weighted by Crippen LogP contribution is 2.25. The van der Waals surface area contributed by atoms with Gasteiger partial charge in [0.2, 0.25) is 0 Å². The maximum absolute atomic E-state index is 4.52. The zero-order valence-electron chi connectivity index (χ0n) is 9.67. The Bertz CT molecular complexity index is 370. The molecule has 0 aromatic heterocycles. The number of allylic oxidation sites excluding steroid dienone is 7. The van der Waals surface area contributed by atoms with Crippen LogP contribution in [-0.2, 0) is 0 Å². The van der Waals surface area contributed by atoms with Crippen molar-refractivity contribution < 1.29 is 0 Å². The van der Waals surface area contributed by atoms with Crippen LogP contribution in [0, 0.1) is 0 Å². The van der Waals surface area contributed by atoms with Crippen molar-refractivity contribution in [1.29, 1.82) is 0 Å². The van der Waals surface area contributed by atoms with E-state index in [1.54, 1.807) is 0 Å². The lowest BCUT2D eigenvalue weighted by Gasteiger charge is -2.15. The van der Waals surface area contributed by atoms with Crippen LogP contribution in [0.5, 0.6) is 0 Å². The first-order chi connectivity index (χ1) is 7.26. The Hall–Kier alpha value is -0.940. The Kier molecular flexibility index (Phi) is 4.71. The van der Waals surface area contributed by atoms with Crippen LogP contribution in [0.15, 0.2) is 52.4 Å². The Morgan fingerprint density at radius 1 is 1.47 bits per heavy atom. The lowest BCUT2D eigenvalue weighted by molar-refractivity contribution is 1.12. The zero-order valence-corrected chi connectivity index (χ0v) is 10.7. The summed E-state index contributed by atoms with van der Waals surface area (Å²) in [7, 11) is 0.609. The topological polar surface area (TPSA) is 12.4 Å². The molecule has 1 rings (SSSR count). The summed E-state index contributed by atoms with van der Waals surface area (Å²) in [5.74, 6) is 0. The lowest BCUT2D eigenvalue weighted by atomic mass is 9.91. The molecule has 0 amide bonds. The maximum Gasteiger partial charge on any atom is 0.0687 e. The van der Waals surface area contributed by atoms with E-state index in [0.29, 0.717) is 8.73 Å². The number of hydrogen-bond donors (Lipinski definition) is 0. The lowest BCUT2D eigenvalue weighted by Crippen LogP contribution is -2.05. The summed E-state index contributed by atoms with van der Waals surface area (Å²) in [6, 6.07) is 0. The molecule has 0 N–H and O–H groups in total. The van der Waals surface area contributed by atoms with Crippen molar-refractivity contribution in [3.05, 3.63) is 47.6 Å². The molecule has 1 atom stereocenters. The van der Waals surface area contributed by atoms with Crippen LogP contribution in [0.1, 0.15) is 20.3 Å². The summed E-state index contributed by atoms with van der Waals surface area (Å²) in [4.78, 5) is 0. The van der Waals surface area contributed by atoms with E-state index >= 15 is 0 Å². The smallest absolute Gasteiger partial charge is 0.0687 e. The Morgan fingerprint density at radius 3 is 2.67 bits per heavy atom. The summed E-state index contributed by atoms with van der Waals surface area (Å²) in [5.41, 5.74) is 4.87. The van der Waals surface area contributed by atoms with E-state index in [0.717, 1.165) is 12.1 Å². The van der Waals surface area contributed by atoms with Gasteiger partial charge in [0.25, 0.3) is 0 Å². The van der Waals surface area contributed by atoms with Gasteiger partial charge in [-0.3, -0.25) is 4.76 Å². The van der Waals surface area contributed by atoms with Gasteiger partial charge in [-0.1, -0.05) is 25.7 Å². The van der Waals surface area contributed by atoms with E-state index in [2.05, 4.69) is 43.2 Å². The first kappa shape index (κ1) is 12.1. The second-order valence-corrected chi connectivity index (χ2v) is 3.96. The molecular weight excluding hydrogens is 201 g/mol. The van der Waals surface area contributed by atoms with Gasteiger partial charge in [0, 0.05) is 0 Å². The summed E-state index contributed by atoms with van der Waals surface area (Å²) in [6.07, 6.45) is 9.41. The molecule has 0 aromatic rings. The van der Waals surface area contributed by atoms with Crippen LogP contribution in [0.25, 0.3) is 0 Å². The summed E-state index contributed by atoms with van der Waals surface area (Å²) in [6.45, 7) is 10.1. The number of rotatable bonds is 3. The van der Waals surface area contributed by atoms with Gasteiger partial charge in [0.1, 0.15) is 0 Å². The van der Waals surface area contributed by atoms with E-state index in [1.165, 1.54) is 16.7 Å². The highest BCUT2D eigenvalue weighted by molar-refractivity contribution is 7.35. The fraction of sp³-hybridized carbons (Fsp3) is 0.308. The van der Waals surface area contributed by atoms with E-state index in [9.17, 15) is 0 Å². The quantitative estimate of drug-likeness (QED) is 0.635. The Labute approximate surface area is 94.2 Å². The molecule has 0 spiro atoms. The maximum atomic E-state index is 4.52. The van der Waals surface area contributed by atoms with E-state index in [1.807, 2.05) is 13.0 Å². The SMILES string of the molecule is C=CC1=C/C(=C\C)C(=NPC)C=C1CC. The molecule has 1 unspecified atom stereocenters. The van der Waals surface area contributed by atoms with Gasteiger partial charge in [-0.25, -0.2) is 0 Å². The highest BCUT2D eigenvalue weighted by Gasteiger charge is 2.11. The van der Waals surface area contributed by atoms with Crippen molar-refractivity contribution in [3.63, 3.8) is 0 Å². The van der Waals surface area contributed by atoms with Crippen LogP contribution < -0.4 is 0 Å². The van der Waals surface area contributed by atoms with E-state index in [4.69, 9.17) is 0 Å². The molecule has 1 aliphatic carbocycles. The molecule has 80 valence electrons. The van der Waals surface area contributed by atoms with Crippen molar-refractivity contribution in [1.82, 2.24) is 0 Å². The third-order valence-electron chi connectivity index (χ3n) is 2.43. The summed E-state index contributed by atoms with van der Waals surface area (Å²) in [5, 5.41) is 0. The van der Waals surface area contributed by atoms with Gasteiger partial charge in [-0.15, -0.1) is 0 Å². The molecule has 0 heterocycles. The second-order valence-electron chi connectivity index (χ2n) is 3.29. The Morgan fingerprint density at radius 2 is 2.20 bits per heavy atom. The fourth-order valence-corrected chi connectivity index (χ4v) is 2.05. The average Bonchev–Trinajstić information content (AvgIpc) is 2.28. The largest absolute Gasteiger partial charge is 0.265 e. The van der Waals surface area contributed by atoms with E-state index in [-0.39, 0.29) is 0 Å². The molecule has 15 heavy (non-hydrogen) atoms. The number of hydrogen-bond acceptors (Lipinski definition) is 1. The van der Waals surface area contributed by atoms with Gasteiger partial charge in [0.05, 0.1) is 5.71 Å². The van der Waals surface area contributed by atoms with Crippen molar-refractivity contribution >= 4 is 14.4 Å². The average molecular weight is 219 g/mol. The normalized spacial score (nSPS) is 22.3. The molecule has 0 aliphatic heterocycles. The first-order valence-electron chi connectivity index (χ1n) is 5.23. The molecule has 0 saturated carbocycles. The van der Waals surface area contributed by atoms with Crippen molar-refractivity contribution in [3.8, 4) is 0 Å². The van der Waals surface area contributed by atoms with Crippen LogP contribution >= 0.6 is 8.73 Å². The monoisotopic (exact) mass is 219 g/mol. The van der Waals surface area contributed by atoms with Crippen molar-refractivity contribution in [2.75, 3.05) is 6.66 Å². The second kappa shape index (κ2) is 5.82. The zero-order chi connectivity index (χ0) is 11.3. The van der Waals surface area contributed by atoms with Crippen LogP contribution in [-0.4, -0.2) is 12.4 Å². The van der Waals surface area contributed by atoms with Crippen LogP contribution in [0.3, 0.4) is 0 Å². The molecular formula is C13H18NP. The minimum Gasteiger partial charge on any atom is -0.265 e. The van der Waals surface area contributed by atoms with Crippen LogP contribution in [0.2, 0.25) is 0 Å².